The average Bonchev–Trinajstić information content (AvgIpc) is 2.53. The molecule has 2 aromatic rings. The first kappa shape index (κ1) is 18.1. The van der Waals surface area contributed by atoms with E-state index in [0.29, 0.717) is 16.7 Å². The molecule has 0 atom stereocenters. The van der Waals surface area contributed by atoms with Crippen LogP contribution in [0.2, 0.25) is 10.0 Å². The third-order valence-corrected chi connectivity index (χ3v) is 4.12. The number of likely N-dealkylation sites (N-methyl/N-ethyl adjacent to an activating group) is 1. The monoisotopic (exact) mass is 352 g/mol. The summed E-state index contributed by atoms with van der Waals surface area (Å²) in [6.45, 7) is 3.34. The second-order valence-electron chi connectivity index (χ2n) is 5.66. The zero-order valence-corrected chi connectivity index (χ0v) is 15.0. The fourth-order valence-corrected chi connectivity index (χ4v) is 2.36. The first-order valence-corrected chi connectivity index (χ1v) is 8.31. The summed E-state index contributed by atoms with van der Waals surface area (Å²) in [5.41, 5.74) is 2.24. The van der Waals surface area contributed by atoms with Crippen molar-refractivity contribution in [3.05, 3.63) is 63.6 Å². The molecule has 2 aromatic carbocycles. The number of benzene rings is 2. The zero-order chi connectivity index (χ0) is 16.7. The van der Waals surface area contributed by atoms with Crippen molar-refractivity contribution < 1.29 is 4.74 Å². The Balaban J connectivity index is 1.79. The molecule has 1 N–H and O–H groups in total. The summed E-state index contributed by atoms with van der Waals surface area (Å²) >= 11 is 11.9. The summed E-state index contributed by atoms with van der Waals surface area (Å²) in [4.78, 5) is 2.16. The van der Waals surface area contributed by atoms with Gasteiger partial charge in [0.2, 0.25) is 0 Å². The number of hydrogen-bond donors (Lipinski definition) is 1. The number of halogens is 2. The SMILES string of the molecule is CN(C)CCNCc1ccc(OCc2ccc(Cl)c(Cl)c2)cc1. The van der Waals surface area contributed by atoms with Crippen LogP contribution in [0.5, 0.6) is 5.75 Å². The highest BCUT2D eigenvalue weighted by atomic mass is 35.5. The van der Waals surface area contributed by atoms with Crippen molar-refractivity contribution in [2.75, 3.05) is 27.2 Å². The van der Waals surface area contributed by atoms with Crippen LogP contribution in [0, 0.1) is 0 Å². The Morgan fingerprint density at radius 2 is 1.65 bits per heavy atom. The van der Waals surface area contributed by atoms with Gasteiger partial charge in [0, 0.05) is 19.6 Å². The van der Waals surface area contributed by atoms with E-state index in [0.717, 1.165) is 30.9 Å². The van der Waals surface area contributed by atoms with E-state index < -0.39 is 0 Å². The van der Waals surface area contributed by atoms with E-state index in [-0.39, 0.29) is 0 Å². The Labute approximate surface area is 148 Å². The molecule has 0 radical (unpaired) electrons. The molecule has 0 unspecified atom stereocenters. The maximum atomic E-state index is 6.00. The Morgan fingerprint density at radius 1 is 0.957 bits per heavy atom. The van der Waals surface area contributed by atoms with Gasteiger partial charge in [-0.3, -0.25) is 0 Å². The van der Waals surface area contributed by atoms with Crippen molar-refractivity contribution in [2.45, 2.75) is 13.2 Å². The molecular weight excluding hydrogens is 331 g/mol. The lowest BCUT2D eigenvalue weighted by Gasteiger charge is -2.11. The van der Waals surface area contributed by atoms with Gasteiger partial charge >= 0.3 is 0 Å². The first-order chi connectivity index (χ1) is 11.0. The van der Waals surface area contributed by atoms with Crippen molar-refractivity contribution in [3.8, 4) is 5.75 Å². The zero-order valence-electron chi connectivity index (χ0n) is 13.5. The van der Waals surface area contributed by atoms with Gasteiger partial charge < -0.3 is 15.0 Å². The number of rotatable bonds is 8. The van der Waals surface area contributed by atoms with E-state index in [1.807, 2.05) is 24.3 Å². The largest absolute Gasteiger partial charge is 0.489 e. The highest BCUT2D eigenvalue weighted by Gasteiger charge is 2.01. The molecule has 0 bridgehead atoms. The van der Waals surface area contributed by atoms with E-state index in [1.54, 1.807) is 6.07 Å². The smallest absolute Gasteiger partial charge is 0.119 e. The molecule has 2 rings (SSSR count). The standard InChI is InChI=1S/C18H22Cl2N2O/c1-22(2)10-9-21-12-14-3-6-16(7-4-14)23-13-15-5-8-17(19)18(20)11-15/h3-8,11,21H,9-10,12-13H2,1-2H3. The third kappa shape index (κ3) is 6.40. The van der Waals surface area contributed by atoms with Crippen LogP contribution in [-0.4, -0.2) is 32.1 Å². The normalized spacial score (nSPS) is 11.0. The van der Waals surface area contributed by atoms with Crippen molar-refractivity contribution >= 4 is 23.2 Å². The fraction of sp³-hybridized carbons (Fsp3) is 0.333. The van der Waals surface area contributed by atoms with Crippen LogP contribution in [0.15, 0.2) is 42.5 Å². The number of nitrogens with one attached hydrogen (secondary N) is 1. The molecule has 0 aliphatic rings. The van der Waals surface area contributed by atoms with Crippen LogP contribution in [0.3, 0.4) is 0 Å². The lowest BCUT2D eigenvalue weighted by Crippen LogP contribution is -2.26. The molecule has 0 aromatic heterocycles. The summed E-state index contributed by atoms with van der Waals surface area (Å²) in [6.07, 6.45) is 0. The predicted octanol–water partition coefficient (Wildman–Crippen LogP) is 4.22. The van der Waals surface area contributed by atoms with Crippen molar-refractivity contribution in [3.63, 3.8) is 0 Å². The van der Waals surface area contributed by atoms with Crippen LogP contribution < -0.4 is 10.1 Å². The molecule has 0 heterocycles. The van der Waals surface area contributed by atoms with Gasteiger partial charge in [-0.25, -0.2) is 0 Å². The summed E-state index contributed by atoms with van der Waals surface area (Å²) in [7, 11) is 4.14. The minimum Gasteiger partial charge on any atom is -0.489 e. The van der Waals surface area contributed by atoms with Crippen LogP contribution in [0.25, 0.3) is 0 Å². The molecule has 0 spiro atoms. The van der Waals surface area contributed by atoms with Crippen LogP contribution in [-0.2, 0) is 13.2 Å². The topological polar surface area (TPSA) is 24.5 Å². The minimum atomic E-state index is 0.470. The molecular formula is C18H22Cl2N2O. The van der Waals surface area contributed by atoms with Gasteiger partial charge in [-0.15, -0.1) is 0 Å². The van der Waals surface area contributed by atoms with Crippen LogP contribution in [0.4, 0.5) is 0 Å². The van der Waals surface area contributed by atoms with Gasteiger partial charge in [-0.1, -0.05) is 41.4 Å². The van der Waals surface area contributed by atoms with Crippen molar-refractivity contribution in [2.24, 2.45) is 0 Å². The Hall–Kier alpha value is -1.26. The van der Waals surface area contributed by atoms with Crippen molar-refractivity contribution in [1.82, 2.24) is 10.2 Å². The molecule has 0 saturated carbocycles. The predicted molar refractivity (Wildman–Crippen MR) is 97.5 cm³/mol. The molecule has 0 aliphatic heterocycles. The molecule has 0 aliphatic carbocycles. The first-order valence-electron chi connectivity index (χ1n) is 7.56. The average molecular weight is 353 g/mol. The molecule has 0 saturated heterocycles. The minimum absolute atomic E-state index is 0.470. The molecule has 3 nitrogen and oxygen atoms in total. The van der Waals surface area contributed by atoms with Crippen LogP contribution in [0.1, 0.15) is 11.1 Å². The number of ether oxygens (including phenoxy) is 1. The Kier molecular flexibility index (Phi) is 7.18. The lowest BCUT2D eigenvalue weighted by atomic mass is 10.2. The third-order valence-electron chi connectivity index (χ3n) is 3.38. The molecule has 5 heteroatoms. The van der Waals surface area contributed by atoms with E-state index in [4.69, 9.17) is 27.9 Å². The van der Waals surface area contributed by atoms with Crippen molar-refractivity contribution in [1.29, 1.82) is 0 Å². The van der Waals surface area contributed by atoms with Crippen LogP contribution >= 0.6 is 23.2 Å². The van der Waals surface area contributed by atoms with Gasteiger partial charge in [-0.05, 0) is 49.5 Å². The summed E-state index contributed by atoms with van der Waals surface area (Å²) in [5.74, 6) is 0.841. The highest BCUT2D eigenvalue weighted by Crippen LogP contribution is 2.23. The summed E-state index contributed by atoms with van der Waals surface area (Å²) in [5, 5.41) is 4.52. The van der Waals surface area contributed by atoms with Gasteiger partial charge in [0.05, 0.1) is 10.0 Å². The maximum Gasteiger partial charge on any atom is 0.119 e. The molecule has 23 heavy (non-hydrogen) atoms. The van der Waals surface area contributed by atoms with E-state index in [9.17, 15) is 0 Å². The summed E-state index contributed by atoms with van der Waals surface area (Å²) < 4.78 is 5.77. The fourth-order valence-electron chi connectivity index (χ4n) is 2.04. The maximum absolute atomic E-state index is 6.00. The Morgan fingerprint density at radius 3 is 2.30 bits per heavy atom. The van der Waals surface area contributed by atoms with Gasteiger partial charge in [0.15, 0.2) is 0 Å². The number of nitrogens with zero attached hydrogens (tertiary/aromatic N) is 1. The lowest BCUT2D eigenvalue weighted by molar-refractivity contribution is 0.306. The van der Waals surface area contributed by atoms with E-state index >= 15 is 0 Å². The summed E-state index contributed by atoms with van der Waals surface area (Å²) in [6, 6.07) is 13.6. The van der Waals surface area contributed by atoms with Gasteiger partial charge in [0.25, 0.3) is 0 Å². The number of hydrogen-bond acceptors (Lipinski definition) is 3. The van der Waals surface area contributed by atoms with E-state index in [1.165, 1.54) is 5.56 Å². The van der Waals surface area contributed by atoms with E-state index in [2.05, 4.69) is 36.4 Å². The van der Waals surface area contributed by atoms with Gasteiger partial charge in [0.1, 0.15) is 12.4 Å². The molecule has 0 fully saturated rings. The second-order valence-corrected chi connectivity index (χ2v) is 6.48. The highest BCUT2D eigenvalue weighted by molar-refractivity contribution is 6.42. The molecule has 124 valence electrons. The van der Waals surface area contributed by atoms with Gasteiger partial charge in [-0.2, -0.15) is 0 Å². The quantitative estimate of drug-likeness (QED) is 0.719. The second kappa shape index (κ2) is 9.14. The molecule has 0 amide bonds. The Bertz CT molecular complexity index is 615.